The lowest BCUT2D eigenvalue weighted by Gasteiger charge is -2.14. The van der Waals surface area contributed by atoms with Crippen LogP contribution in [0.1, 0.15) is 12.0 Å². The second kappa shape index (κ2) is 5.33. The van der Waals surface area contributed by atoms with Crippen LogP contribution >= 0.6 is 0 Å². The maximum atomic E-state index is 11.6. The molecule has 1 aromatic rings. The van der Waals surface area contributed by atoms with Crippen LogP contribution in [-0.2, 0) is 10.0 Å². The van der Waals surface area contributed by atoms with Crippen molar-refractivity contribution in [2.75, 3.05) is 30.7 Å². The fourth-order valence-electron chi connectivity index (χ4n) is 1.88. The van der Waals surface area contributed by atoms with E-state index in [4.69, 9.17) is 5.26 Å². The van der Waals surface area contributed by atoms with Crippen LogP contribution in [0.4, 0.5) is 5.82 Å². The highest BCUT2D eigenvalue weighted by Crippen LogP contribution is 2.13. The number of pyridine rings is 1. The predicted octanol–water partition coefficient (Wildman–Crippen LogP) is 0.401. The fourth-order valence-corrected chi connectivity index (χ4v) is 3.41. The van der Waals surface area contributed by atoms with Gasteiger partial charge in [0.1, 0.15) is 11.9 Å². The summed E-state index contributed by atoms with van der Waals surface area (Å²) in [4.78, 5) is 4.05. The SMILES string of the molecule is N#Cc1cccnc1NCCN1CCCS1(=O)=O. The van der Waals surface area contributed by atoms with Crippen molar-refractivity contribution in [3.63, 3.8) is 0 Å². The molecule has 0 radical (unpaired) electrons. The van der Waals surface area contributed by atoms with E-state index in [0.29, 0.717) is 37.4 Å². The summed E-state index contributed by atoms with van der Waals surface area (Å²) in [5.41, 5.74) is 0.460. The molecule has 1 aliphatic rings. The van der Waals surface area contributed by atoms with Crippen LogP contribution in [-0.4, -0.2) is 43.1 Å². The van der Waals surface area contributed by atoms with Crippen LogP contribution in [0.25, 0.3) is 0 Å². The van der Waals surface area contributed by atoms with Gasteiger partial charge in [0, 0.05) is 25.8 Å². The van der Waals surface area contributed by atoms with Gasteiger partial charge in [-0.2, -0.15) is 5.26 Å². The van der Waals surface area contributed by atoms with Gasteiger partial charge < -0.3 is 5.32 Å². The molecule has 2 heterocycles. The molecule has 2 rings (SSSR count). The normalized spacial score (nSPS) is 18.4. The zero-order valence-electron chi connectivity index (χ0n) is 9.83. The maximum absolute atomic E-state index is 11.6. The van der Waals surface area contributed by atoms with Gasteiger partial charge >= 0.3 is 0 Å². The van der Waals surface area contributed by atoms with Crippen LogP contribution in [0.2, 0.25) is 0 Å². The summed E-state index contributed by atoms with van der Waals surface area (Å²) in [6, 6.07) is 5.39. The molecular weight excluding hydrogens is 252 g/mol. The van der Waals surface area contributed by atoms with E-state index in [-0.39, 0.29) is 5.75 Å². The lowest BCUT2D eigenvalue weighted by atomic mass is 10.3. The van der Waals surface area contributed by atoms with Gasteiger partial charge in [-0.15, -0.1) is 0 Å². The first-order chi connectivity index (χ1) is 8.63. The average molecular weight is 266 g/mol. The largest absolute Gasteiger partial charge is 0.368 e. The van der Waals surface area contributed by atoms with Gasteiger partial charge in [0.05, 0.1) is 11.3 Å². The Balaban J connectivity index is 1.91. The molecule has 0 aliphatic carbocycles. The third-order valence-corrected chi connectivity index (χ3v) is 4.74. The average Bonchev–Trinajstić information content (AvgIpc) is 2.69. The lowest BCUT2D eigenvalue weighted by molar-refractivity contribution is 0.456. The van der Waals surface area contributed by atoms with Gasteiger partial charge in [-0.3, -0.25) is 0 Å². The van der Waals surface area contributed by atoms with E-state index in [1.807, 2.05) is 6.07 Å². The first-order valence-electron chi connectivity index (χ1n) is 5.70. The first kappa shape index (κ1) is 12.8. The van der Waals surface area contributed by atoms with Crippen molar-refractivity contribution in [3.8, 4) is 6.07 Å². The molecule has 1 N–H and O–H groups in total. The van der Waals surface area contributed by atoms with Crippen molar-refractivity contribution in [2.45, 2.75) is 6.42 Å². The number of nitriles is 1. The number of nitrogens with one attached hydrogen (secondary N) is 1. The quantitative estimate of drug-likeness (QED) is 0.852. The lowest BCUT2D eigenvalue weighted by Crippen LogP contribution is -2.30. The summed E-state index contributed by atoms with van der Waals surface area (Å²) in [6.07, 6.45) is 2.28. The van der Waals surface area contributed by atoms with Gasteiger partial charge in [-0.1, -0.05) is 0 Å². The van der Waals surface area contributed by atoms with E-state index in [9.17, 15) is 8.42 Å². The molecule has 0 atom stereocenters. The number of hydrogen-bond acceptors (Lipinski definition) is 5. The molecule has 0 amide bonds. The van der Waals surface area contributed by atoms with E-state index >= 15 is 0 Å². The molecule has 18 heavy (non-hydrogen) atoms. The van der Waals surface area contributed by atoms with Crippen molar-refractivity contribution in [1.29, 1.82) is 5.26 Å². The van der Waals surface area contributed by atoms with Crippen molar-refractivity contribution in [1.82, 2.24) is 9.29 Å². The first-order valence-corrected chi connectivity index (χ1v) is 7.31. The Labute approximate surface area is 106 Å². The Morgan fingerprint density at radius 1 is 1.56 bits per heavy atom. The van der Waals surface area contributed by atoms with Crippen molar-refractivity contribution in [2.24, 2.45) is 0 Å². The highest BCUT2D eigenvalue weighted by Gasteiger charge is 2.27. The fraction of sp³-hybridized carbons (Fsp3) is 0.455. The summed E-state index contributed by atoms with van der Waals surface area (Å²) in [5, 5.41) is 11.9. The van der Waals surface area contributed by atoms with Crippen LogP contribution in [0.5, 0.6) is 0 Å². The van der Waals surface area contributed by atoms with E-state index in [0.717, 1.165) is 0 Å². The Bertz CT molecular complexity index is 565. The van der Waals surface area contributed by atoms with Crippen molar-refractivity contribution in [3.05, 3.63) is 23.9 Å². The molecule has 7 heteroatoms. The molecule has 96 valence electrons. The highest BCUT2D eigenvalue weighted by atomic mass is 32.2. The van der Waals surface area contributed by atoms with Gasteiger partial charge in [0.2, 0.25) is 10.0 Å². The van der Waals surface area contributed by atoms with E-state index in [1.54, 1.807) is 18.3 Å². The number of nitrogens with zero attached hydrogens (tertiary/aromatic N) is 3. The summed E-state index contributed by atoms with van der Waals surface area (Å²) < 4.78 is 24.6. The van der Waals surface area contributed by atoms with Gasteiger partial charge in [0.15, 0.2) is 0 Å². The van der Waals surface area contributed by atoms with E-state index in [1.165, 1.54) is 4.31 Å². The molecule has 1 fully saturated rings. The standard InChI is InChI=1S/C11H14N4O2S/c12-9-10-3-1-4-13-11(10)14-5-7-15-6-2-8-18(15,16)17/h1,3-4H,2,5-8H2,(H,13,14). The minimum atomic E-state index is -3.05. The van der Waals surface area contributed by atoms with Crippen LogP contribution in [0.15, 0.2) is 18.3 Å². The van der Waals surface area contributed by atoms with Crippen LogP contribution in [0.3, 0.4) is 0 Å². The Kier molecular flexibility index (Phi) is 3.79. The third-order valence-electron chi connectivity index (χ3n) is 2.79. The Morgan fingerprint density at radius 2 is 2.39 bits per heavy atom. The molecule has 0 unspecified atom stereocenters. The Hall–Kier alpha value is -1.65. The molecule has 1 aromatic heterocycles. The second-order valence-corrected chi connectivity index (χ2v) is 6.10. The summed E-state index contributed by atoms with van der Waals surface area (Å²) >= 11 is 0. The Morgan fingerprint density at radius 3 is 3.06 bits per heavy atom. The minimum Gasteiger partial charge on any atom is -0.368 e. The number of rotatable bonds is 4. The molecule has 0 spiro atoms. The number of aromatic nitrogens is 1. The minimum absolute atomic E-state index is 0.236. The smallest absolute Gasteiger partial charge is 0.214 e. The molecule has 1 saturated heterocycles. The maximum Gasteiger partial charge on any atom is 0.214 e. The summed E-state index contributed by atoms with van der Waals surface area (Å²) in [7, 11) is -3.05. The molecular formula is C11H14N4O2S. The van der Waals surface area contributed by atoms with Crippen LogP contribution in [0, 0.1) is 11.3 Å². The summed E-state index contributed by atoms with van der Waals surface area (Å²) in [5.74, 6) is 0.733. The highest BCUT2D eigenvalue weighted by molar-refractivity contribution is 7.89. The third kappa shape index (κ3) is 2.78. The molecule has 0 aromatic carbocycles. The van der Waals surface area contributed by atoms with Crippen molar-refractivity contribution < 1.29 is 8.42 Å². The number of sulfonamides is 1. The van der Waals surface area contributed by atoms with Crippen molar-refractivity contribution >= 4 is 15.8 Å². The van der Waals surface area contributed by atoms with Gasteiger partial charge in [-0.05, 0) is 18.6 Å². The summed E-state index contributed by atoms with van der Waals surface area (Å²) in [6.45, 7) is 1.44. The topological polar surface area (TPSA) is 86.1 Å². The van der Waals surface area contributed by atoms with E-state index in [2.05, 4.69) is 10.3 Å². The van der Waals surface area contributed by atoms with Gasteiger partial charge in [0.25, 0.3) is 0 Å². The zero-order chi connectivity index (χ0) is 13.0. The predicted molar refractivity (Wildman–Crippen MR) is 67.4 cm³/mol. The number of anilines is 1. The molecule has 6 nitrogen and oxygen atoms in total. The van der Waals surface area contributed by atoms with Crippen LogP contribution < -0.4 is 5.32 Å². The molecule has 0 bridgehead atoms. The molecule has 0 saturated carbocycles. The monoisotopic (exact) mass is 266 g/mol. The van der Waals surface area contributed by atoms with Gasteiger partial charge in [-0.25, -0.2) is 17.7 Å². The van der Waals surface area contributed by atoms with E-state index < -0.39 is 10.0 Å². The number of hydrogen-bond donors (Lipinski definition) is 1. The zero-order valence-corrected chi connectivity index (χ0v) is 10.7. The second-order valence-electron chi connectivity index (χ2n) is 4.01. The molecule has 1 aliphatic heterocycles.